The van der Waals surface area contributed by atoms with Crippen molar-refractivity contribution in [2.75, 3.05) is 6.54 Å². The normalized spacial score (nSPS) is 10.4. The maximum atomic E-state index is 11.7. The molecule has 90 valence electrons. The van der Waals surface area contributed by atoms with E-state index in [4.69, 9.17) is 5.73 Å². The first kappa shape index (κ1) is 11.3. The van der Waals surface area contributed by atoms with Crippen molar-refractivity contribution in [1.29, 1.82) is 0 Å². The molecule has 2 aromatic heterocycles. The number of carbonyl (C=O) groups is 1. The third-order valence-electron chi connectivity index (χ3n) is 2.26. The van der Waals surface area contributed by atoms with Crippen molar-refractivity contribution < 1.29 is 4.79 Å². The molecule has 0 aliphatic rings. The molecule has 2 heterocycles. The number of aromatic nitrogens is 4. The highest BCUT2D eigenvalue weighted by atomic mass is 16.1. The number of H-pyrrole nitrogens is 1. The van der Waals surface area contributed by atoms with Gasteiger partial charge in [-0.2, -0.15) is 5.10 Å². The minimum absolute atomic E-state index is 0.207. The summed E-state index contributed by atoms with van der Waals surface area (Å²) in [6.07, 6.45) is 6.66. The van der Waals surface area contributed by atoms with Gasteiger partial charge in [-0.05, 0) is 0 Å². The van der Waals surface area contributed by atoms with Gasteiger partial charge in [0.2, 0.25) is 0 Å². The Balaban J connectivity index is 1.90. The van der Waals surface area contributed by atoms with Crippen molar-refractivity contribution >= 4 is 5.91 Å². The first-order chi connectivity index (χ1) is 8.29. The summed E-state index contributed by atoms with van der Waals surface area (Å²) in [6, 6.07) is 0. The number of aromatic amines is 1. The largest absolute Gasteiger partial charge is 0.346 e. The second-order valence-corrected chi connectivity index (χ2v) is 3.57. The van der Waals surface area contributed by atoms with Crippen LogP contribution < -0.4 is 11.1 Å². The molecule has 0 radical (unpaired) electrons. The highest BCUT2D eigenvalue weighted by Crippen LogP contribution is 1.98. The summed E-state index contributed by atoms with van der Waals surface area (Å²) in [7, 11) is 0. The Morgan fingerprint density at radius 2 is 2.47 bits per heavy atom. The van der Waals surface area contributed by atoms with Crippen LogP contribution in [0.5, 0.6) is 0 Å². The van der Waals surface area contributed by atoms with Gasteiger partial charge in [-0.3, -0.25) is 9.89 Å². The Labute approximate surface area is 98.0 Å². The average Bonchev–Trinajstić information content (AvgIpc) is 2.97. The molecule has 0 atom stereocenters. The molecule has 7 heteroatoms. The Hall–Kier alpha value is -2.15. The summed E-state index contributed by atoms with van der Waals surface area (Å²) >= 11 is 0. The first-order valence-corrected chi connectivity index (χ1v) is 5.27. The smallest absolute Gasteiger partial charge is 0.271 e. The lowest BCUT2D eigenvalue weighted by Gasteiger charge is -2.00. The highest BCUT2D eigenvalue weighted by Gasteiger charge is 2.08. The monoisotopic (exact) mass is 234 g/mol. The fraction of sp³-hybridized carbons (Fsp3) is 0.300. The Bertz CT molecular complexity index is 475. The molecule has 0 saturated heterocycles. The Morgan fingerprint density at radius 1 is 1.59 bits per heavy atom. The van der Waals surface area contributed by atoms with Gasteiger partial charge in [-0.15, -0.1) is 0 Å². The molecule has 0 aliphatic carbocycles. The summed E-state index contributed by atoms with van der Waals surface area (Å²) in [5, 5.41) is 9.22. The number of hydrogen-bond donors (Lipinski definition) is 3. The molecule has 4 N–H and O–H groups in total. The van der Waals surface area contributed by atoms with Crippen molar-refractivity contribution in [2.45, 2.75) is 13.1 Å². The predicted octanol–water partition coefficient (Wildman–Crippen LogP) is -0.505. The second kappa shape index (κ2) is 5.26. The quantitative estimate of drug-likeness (QED) is 0.648. The van der Waals surface area contributed by atoms with Crippen LogP contribution in [0.3, 0.4) is 0 Å². The topological polar surface area (TPSA) is 102 Å². The number of nitrogens with zero attached hydrogens (tertiary/aromatic N) is 3. The van der Waals surface area contributed by atoms with Gasteiger partial charge >= 0.3 is 0 Å². The molecule has 17 heavy (non-hydrogen) atoms. The molecule has 0 fully saturated rings. The molecular weight excluding hydrogens is 220 g/mol. The lowest BCUT2D eigenvalue weighted by atomic mass is 10.3. The van der Waals surface area contributed by atoms with Gasteiger partial charge in [0.1, 0.15) is 5.69 Å². The highest BCUT2D eigenvalue weighted by molar-refractivity contribution is 5.91. The third kappa shape index (κ3) is 2.91. The van der Waals surface area contributed by atoms with E-state index in [0.29, 0.717) is 25.3 Å². The van der Waals surface area contributed by atoms with Crippen molar-refractivity contribution in [3.63, 3.8) is 0 Å². The fourth-order valence-corrected chi connectivity index (χ4v) is 1.40. The van der Waals surface area contributed by atoms with E-state index in [1.807, 2.05) is 0 Å². The van der Waals surface area contributed by atoms with Gasteiger partial charge in [0.15, 0.2) is 0 Å². The summed E-state index contributed by atoms with van der Waals surface area (Å²) in [5.74, 6) is -0.207. The molecule has 2 rings (SSSR count). The van der Waals surface area contributed by atoms with Gasteiger partial charge < -0.3 is 15.6 Å². The average molecular weight is 234 g/mol. The van der Waals surface area contributed by atoms with Crippen LogP contribution in [0.4, 0.5) is 0 Å². The molecule has 2 aromatic rings. The summed E-state index contributed by atoms with van der Waals surface area (Å²) < 4.78 is 1.78. The van der Waals surface area contributed by atoms with Gasteiger partial charge in [0.25, 0.3) is 5.91 Å². The van der Waals surface area contributed by atoms with Crippen LogP contribution >= 0.6 is 0 Å². The number of nitrogens with one attached hydrogen (secondary N) is 2. The predicted molar refractivity (Wildman–Crippen MR) is 61.0 cm³/mol. The zero-order valence-corrected chi connectivity index (χ0v) is 9.26. The van der Waals surface area contributed by atoms with Crippen LogP contribution in [-0.4, -0.2) is 32.2 Å². The van der Waals surface area contributed by atoms with E-state index in [-0.39, 0.29) is 5.91 Å². The molecule has 0 unspecified atom stereocenters. The Morgan fingerprint density at radius 3 is 3.18 bits per heavy atom. The van der Waals surface area contributed by atoms with Crippen LogP contribution in [0.2, 0.25) is 0 Å². The third-order valence-corrected chi connectivity index (χ3v) is 2.26. The van der Waals surface area contributed by atoms with E-state index in [2.05, 4.69) is 20.5 Å². The van der Waals surface area contributed by atoms with E-state index in [9.17, 15) is 4.79 Å². The molecule has 0 aliphatic heterocycles. The molecule has 0 saturated carbocycles. The van der Waals surface area contributed by atoms with E-state index in [1.165, 1.54) is 0 Å². The maximum Gasteiger partial charge on any atom is 0.271 e. The molecule has 7 nitrogen and oxygen atoms in total. The van der Waals surface area contributed by atoms with Gasteiger partial charge in [-0.1, -0.05) is 0 Å². The number of amides is 1. The van der Waals surface area contributed by atoms with Crippen LogP contribution in [0.1, 0.15) is 16.1 Å². The number of hydrogen-bond acceptors (Lipinski definition) is 4. The van der Waals surface area contributed by atoms with Crippen molar-refractivity contribution in [2.24, 2.45) is 5.73 Å². The minimum atomic E-state index is -0.207. The lowest BCUT2D eigenvalue weighted by Crippen LogP contribution is -2.22. The Kier molecular flexibility index (Phi) is 3.51. The number of rotatable bonds is 5. The first-order valence-electron chi connectivity index (χ1n) is 5.27. The lowest BCUT2D eigenvalue weighted by molar-refractivity contribution is 0.0946. The molecule has 0 aromatic carbocycles. The number of carbonyl (C=O) groups excluding carboxylic acids is 1. The van der Waals surface area contributed by atoms with E-state index >= 15 is 0 Å². The number of nitrogens with two attached hydrogens (primary N) is 1. The summed E-state index contributed by atoms with van der Waals surface area (Å²) in [4.78, 5) is 15.7. The standard InChI is InChI=1S/C10H14N6O/c11-1-2-16-6-9(13-7-16)10(17)12-3-8-4-14-15-5-8/h4-7H,1-3,11H2,(H,12,17)(H,14,15). The molecular formula is C10H14N6O. The summed E-state index contributed by atoms with van der Waals surface area (Å²) in [6.45, 7) is 1.60. The molecule has 0 spiro atoms. The maximum absolute atomic E-state index is 11.7. The van der Waals surface area contributed by atoms with E-state index < -0.39 is 0 Å². The van der Waals surface area contributed by atoms with Crippen LogP contribution in [0.15, 0.2) is 24.9 Å². The summed E-state index contributed by atoms with van der Waals surface area (Å²) in [5.41, 5.74) is 6.72. The van der Waals surface area contributed by atoms with E-state index in [1.54, 1.807) is 29.5 Å². The van der Waals surface area contributed by atoms with Crippen molar-refractivity contribution in [1.82, 2.24) is 25.1 Å². The zero-order valence-electron chi connectivity index (χ0n) is 9.26. The number of imidazole rings is 1. The van der Waals surface area contributed by atoms with Crippen LogP contribution in [-0.2, 0) is 13.1 Å². The van der Waals surface area contributed by atoms with Gasteiger partial charge in [0.05, 0.1) is 12.5 Å². The minimum Gasteiger partial charge on any atom is -0.346 e. The SMILES string of the molecule is NCCn1cnc(C(=O)NCc2cn[nH]c2)c1. The second-order valence-electron chi connectivity index (χ2n) is 3.57. The molecule has 0 bridgehead atoms. The van der Waals surface area contributed by atoms with Crippen LogP contribution in [0.25, 0.3) is 0 Å². The van der Waals surface area contributed by atoms with Gasteiger partial charge in [-0.25, -0.2) is 4.98 Å². The van der Waals surface area contributed by atoms with Gasteiger partial charge in [0, 0.05) is 37.6 Å². The van der Waals surface area contributed by atoms with Crippen LogP contribution in [0, 0.1) is 0 Å². The van der Waals surface area contributed by atoms with Crippen molar-refractivity contribution in [3.05, 3.63) is 36.2 Å². The fourth-order valence-electron chi connectivity index (χ4n) is 1.40. The molecule has 1 amide bonds. The van der Waals surface area contributed by atoms with Crippen molar-refractivity contribution in [3.8, 4) is 0 Å². The zero-order chi connectivity index (χ0) is 12.1. The van der Waals surface area contributed by atoms with E-state index in [0.717, 1.165) is 5.56 Å².